The van der Waals surface area contributed by atoms with Crippen LogP contribution in [-0.4, -0.2) is 44.2 Å². The Hall–Kier alpha value is -0.450. The number of allylic oxidation sites excluding steroid dienone is 2. The lowest BCUT2D eigenvalue weighted by atomic mass is 9.39. The lowest BCUT2D eigenvalue weighted by molar-refractivity contribution is -0.117. The van der Waals surface area contributed by atoms with Gasteiger partial charge in [-0.25, -0.2) is 0 Å². The molecule has 0 aromatic carbocycles. The van der Waals surface area contributed by atoms with Gasteiger partial charge < -0.3 is 10.2 Å². The molecule has 2 N–H and O–H groups in total. The van der Waals surface area contributed by atoms with E-state index in [1.54, 1.807) is 19.3 Å². The molecule has 6 heteroatoms. The minimum Gasteiger partial charge on any atom is -0.396 e. The van der Waals surface area contributed by atoms with Crippen molar-refractivity contribution in [2.75, 3.05) is 6.61 Å². The highest BCUT2D eigenvalue weighted by atomic mass is 32.1. The van der Waals surface area contributed by atoms with Crippen LogP contribution >= 0.6 is 12.6 Å². The van der Waals surface area contributed by atoms with Crippen LogP contribution in [0.25, 0.3) is 0 Å². The van der Waals surface area contributed by atoms with E-state index >= 15 is 0 Å². The molecule has 0 amide bonds. The zero-order valence-electron chi connectivity index (χ0n) is 26.5. The Balaban J connectivity index is 0.00000100. The number of rotatable bonds is 4. The third-order valence-corrected chi connectivity index (χ3v) is 10.8. The zero-order valence-corrected chi connectivity index (χ0v) is 27.4. The first-order chi connectivity index (χ1) is 18.3. The van der Waals surface area contributed by atoms with E-state index in [4.69, 9.17) is 20.8 Å². The molecule has 4 aliphatic rings. The van der Waals surface area contributed by atoms with Crippen LogP contribution in [0.15, 0.2) is 29.4 Å². The second-order valence-electron chi connectivity index (χ2n) is 12.8. The molecule has 3 nitrogen and oxygen atoms in total. The first kappa shape index (κ1) is 39.5. The molecular weight excluding hydrogens is 508 g/mol. The van der Waals surface area contributed by atoms with Crippen LogP contribution in [0.5, 0.6) is 0 Å². The average molecular weight is 572 g/mol. The minimum absolute atomic E-state index is 0. The van der Waals surface area contributed by atoms with Crippen molar-refractivity contribution in [1.82, 2.24) is 0 Å². The summed E-state index contributed by atoms with van der Waals surface area (Å²) in [5.41, 5.74) is 1.24. The lowest BCUT2D eigenvalue weighted by Gasteiger charge is -2.62. The number of aliphatic imine (C=N–C) groups is 1. The molecule has 0 spiro atoms. The zero-order chi connectivity index (χ0) is 30.0. The Bertz CT molecular complexity index is 790. The fourth-order valence-electron chi connectivity index (χ4n) is 8.69. The maximum Gasteiger partial charge on any atom is 0.0936 e. The standard InChI is InChI=1S/C24H38B2O.C5H9N.C2H6OS.C2H6.CH4/c1-15(16(2)25)24(26)12-9-21-19-6-5-18-13-17(14-27)7-10-22(18,3)20(19)8-11-23(21,24)4;1-3-5-6-4-2;1-2(3)4;1-2;/h16-21,27H,1,5-14H2,2-4H3;3-5H,1-2H3;2-4H,1H3;1-2H3;1H4/b;5-3-,6-4?;;;. The molecule has 0 aromatic heterocycles. The monoisotopic (exact) mass is 571 g/mol. The Labute approximate surface area is 257 Å². The first-order valence-electron chi connectivity index (χ1n) is 15.6. The molecule has 4 fully saturated rings. The van der Waals surface area contributed by atoms with E-state index in [1.807, 2.05) is 40.7 Å². The van der Waals surface area contributed by atoms with Gasteiger partial charge in [0.25, 0.3) is 0 Å². The number of thiol groups is 1. The Morgan fingerprint density at radius 1 is 1.05 bits per heavy atom. The van der Waals surface area contributed by atoms with Gasteiger partial charge in [-0.1, -0.05) is 65.9 Å². The van der Waals surface area contributed by atoms with Crippen molar-refractivity contribution in [3.63, 3.8) is 0 Å². The first-order valence-corrected chi connectivity index (χ1v) is 16.1. The highest BCUT2D eigenvalue weighted by molar-refractivity contribution is 7.80. The molecule has 10 unspecified atom stereocenters. The average Bonchev–Trinajstić information content (AvgIpc) is 3.19. The van der Waals surface area contributed by atoms with Gasteiger partial charge in [0.1, 0.15) is 0 Å². The van der Waals surface area contributed by atoms with Crippen LogP contribution in [0.4, 0.5) is 0 Å². The van der Waals surface area contributed by atoms with Crippen LogP contribution < -0.4 is 0 Å². The topological polar surface area (TPSA) is 52.8 Å². The molecule has 4 rings (SSSR count). The molecule has 228 valence electrons. The highest BCUT2D eigenvalue weighted by Gasteiger charge is 2.63. The van der Waals surface area contributed by atoms with Crippen LogP contribution in [0.2, 0.25) is 11.1 Å². The van der Waals surface area contributed by atoms with Gasteiger partial charge in [-0.3, -0.25) is 4.99 Å². The summed E-state index contributed by atoms with van der Waals surface area (Å²) in [4.78, 5) is 3.78. The minimum atomic E-state index is -0.472. The van der Waals surface area contributed by atoms with E-state index in [1.165, 1.54) is 51.4 Å². The summed E-state index contributed by atoms with van der Waals surface area (Å²) in [5.74, 6) is 3.74. The van der Waals surface area contributed by atoms with Crippen molar-refractivity contribution in [1.29, 1.82) is 0 Å². The third kappa shape index (κ3) is 8.56. The van der Waals surface area contributed by atoms with Crippen molar-refractivity contribution in [2.45, 2.75) is 137 Å². The number of fused-ring (bicyclic) bond motifs is 5. The van der Waals surface area contributed by atoms with Crippen LogP contribution in [0, 0.1) is 40.4 Å². The Kier molecular flexibility index (Phi) is 17.4. The van der Waals surface area contributed by atoms with Gasteiger partial charge in [-0.2, -0.15) is 0 Å². The summed E-state index contributed by atoms with van der Waals surface area (Å²) >= 11 is 3.52. The van der Waals surface area contributed by atoms with E-state index in [9.17, 15) is 5.11 Å². The fourth-order valence-corrected chi connectivity index (χ4v) is 8.69. The summed E-state index contributed by atoms with van der Waals surface area (Å²) in [6.45, 7) is 21.3. The molecule has 4 aliphatic carbocycles. The van der Waals surface area contributed by atoms with Crippen molar-refractivity contribution < 1.29 is 10.2 Å². The number of nitrogens with zero attached hydrogens (tertiary/aromatic N) is 1. The second kappa shape index (κ2) is 17.6. The van der Waals surface area contributed by atoms with Crippen LogP contribution in [0.3, 0.4) is 0 Å². The number of aliphatic hydroxyl groups is 2. The summed E-state index contributed by atoms with van der Waals surface area (Å²) in [7, 11) is 13.4. The van der Waals surface area contributed by atoms with E-state index in [-0.39, 0.29) is 24.0 Å². The quantitative estimate of drug-likeness (QED) is 0.104. The van der Waals surface area contributed by atoms with E-state index in [0.29, 0.717) is 17.9 Å². The fraction of sp³-hybridized carbons (Fsp3) is 0.853. The summed E-state index contributed by atoms with van der Waals surface area (Å²) in [6, 6.07) is 0. The molecule has 0 bridgehead atoms. The second-order valence-corrected chi connectivity index (χ2v) is 13.5. The molecule has 4 radical (unpaired) electrons. The number of hydrogen-bond donors (Lipinski definition) is 3. The maximum atomic E-state index is 9.68. The predicted octanol–water partition coefficient (Wildman–Crippen LogP) is 9.03. The predicted molar refractivity (Wildman–Crippen MR) is 183 cm³/mol. The molecular formula is C34H63B2NO2S. The molecule has 40 heavy (non-hydrogen) atoms. The lowest BCUT2D eigenvalue weighted by Crippen LogP contribution is -2.54. The van der Waals surface area contributed by atoms with Crippen LogP contribution in [-0.2, 0) is 0 Å². The molecule has 0 aliphatic heterocycles. The van der Waals surface area contributed by atoms with E-state index in [2.05, 4.69) is 38.0 Å². The smallest absolute Gasteiger partial charge is 0.0936 e. The van der Waals surface area contributed by atoms with E-state index < -0.39 is 5.44 Å². The third-order valence-electron chi connectivity index (χ3n) is 10.8. The van der Waals surface area contributed by atoms with Crippen molar-refractivity contribution in [3.05, 3.63) is 24.4 Å². The number of aliphatic hydroxyl groups excluding tert-OH is 2. The van der Waals surface area contributed by atoms with Gasteiger partial charge >= 0.3 is 0 Å². The summed E-state index contributed by atoms with van der Waals surface area (Å²) < 4.78 is 0. The van der Waals surface area contributed by atoms with Crippen molar-refractivity contribution >= 4 is 34.5 Å². The van der Waals surface area contributed by atoms with Gasteiger partial charge in [-0.05, 0) is 118 Å². The van der Waals surface area contributed by atoms with Gasteiger partial charge in [0.05, 0.1) is 21.1 Å². The molecule has 10 atom stereocenters. The normalized spacial score (nSPS) is 39.3. The Morgan fingerprint density at radius 2 is 1.62 bits per heavy atom. The molecule has 4 saturated carbocycles. The molecule has 0 aromatic rings. The molecule has 0 heterocycles. The van der Waals surface area contributed by atoms with E-state index in [0.717, 1.165) is 35.7 Å². The van der Waals surface area contributed by atoms with Gasteiger partial charge in [0.2, 0.25) is 0 Å². The molecule has 0 saturated heterocycles. The maximum absolute atomic E-state index is 9.68. The van der Waals surface area contributed by atoms with Crippen LogP contribution in [0.1, 0.15) is 121 Å². The van der Waals surface area contributed by atoms with Gasteiger partial charge in [0, 0.05) is 19.0 Å². The largest absolute Gasteiger partial charge is 0.396 e. The Morgan fingerprint density at radius 3 is 2.10 bits per heavy atom. The summed E-state index contributed by atoms with van der Waals surface area (Å²) in [6.07, 6.45) is 16.7. The van der Waals surface area contributed by atoms with Crippen molar-refractivity contribution in [3.8, 4) is 0 Å². The van der Waals surface area contributed by atoms with Crippen molar-refractivity contribution in [2.24, 2.45) is 45.4 Å². The number of hydrogen-bond acceptors (Lipinski definition) is 4. The summed E-state index contributed by atoms with van der Waals surface area (Å²) in [5, 5.41) is 17.3. The highest BCUT2D eigenvalue weighted by Crippen LogP contribution is 2.74. The van der Waals surface area contributed by atoms with Gasteiger partial charge in [-0.15, -0.1) is 19.2 Å². The van der Waals surface area contributed by atoms with Gasteiger partial charge in [0.15, 0.2) is 0 Å². The SMILES string of the molecule is C.CC.CC(O)S.CC=N/C=C\C.[B]C(C)C(=C)C1([B])CCC2C3CCC4CC(CO)CCC4(C)C3CCC21C.